The second-order valence-corrected chi connectivity index (χ2v) is 6.92. The third-order valence-electron chi connectivity index (χ3n) is 4.03. The van der Waals surface area contributed by atoms with Crippen LogP contribution in [0.15, 0.2) is 54.6 Å². The number of benzene rings is 2. The molecule has 0 spiro atoms. The number of carbonyl (C=O) groups is 1. The van der Waals surface area contributed by atoms with Gasteiger partial charge in [-0.25, -0.2) is 0 Å². The predicted molar refractivity (Wildman–Crippen MR) is 96.0 cm³/mol. The first-order valence-corrected chi connectivity index (χ1v) is 8.01. The van der Waals surface area contributed by atoms with Gasteiger partial charge in [-0.1, -0.05) is 51.1 Å². The van der Waals surface area contributed by atoms with Gasteiger partial charge in [0.25, 0.3) is 0 Å². The van der Waals surface area contributed by atoms with Gasteiger partial charge in [0.05, 0.1) is 19.1 Å². The summed E-state index contributed by atoms with van der Waals surface area (Å²) >= 11 is 0. The molecule has 0 radical (unpaired) electrons. The minimum absolute atomic E-state index is 0.205. The van der Waals surface area contributed by atoms with Crippen LogP contribution in [0.3, 0.4) is 0 Å². The summed E-state index contributed by atoms with van der Waals surface area (Å²) in [6.45, 7) is 5.87. The van der Waals surface area contributed by atoms with E-state index in [0.717, 1.165) is 11.3 Å². The number of amides is 1. The molecule has 0 unspecified atom stereocenters. The Kier molecular flexibility index (Phi) is 5.62. The number of carbonyl (C=O) groups excluding carboxylic acids is 1. The molecule has 0 saturated carbocycles. The summed E-state index contributed by atoms with van der Waals surface area (Å²) in [5, 5.41) is 13.7. The highest BCUT2D eigenvalue weighted by atomic mass is 16.5. The molecular formula is C20H25NO3. The standard InChI is InChI=1S/C20H25NO3/c1-20(2,3)17(18(22)14-8-6-5-7-9-14)19(23)21-15-10-12-16(24-4)13-11-15/h5-13,17-18,22H,1-4H3,(H,21,23)/t17-,18+/m0/s1. The number of nitrogens with one attached hydrogen (secondary N) is 1. The van der Waals surface area contributed by atoms with Crippen LogP contribution in [0.5, 0.6) is 5.75 Å². The molecule has 2 aromatic rings. The number of ether oxygens (including phenoxy) is 1. The number of aliphatic hydroxyl groups is 1. The SMILES string of the molecule is COc1ccc(NC(=O)[C@H]([C@H](O)c2ccccc2)C(C)(C)C)cc1. The number of hydrogen-bond acceptors (Lipinski definition) is 3. The Balaban J connectivity index is 2.22. The minimum atomic E-state index is -0.871. The van der Waals surface area contributed by atoms with E-state index in [0.29, 0.717) is 5.69 Å². The molecule has 2 atom stereocenters. The lowest BCUT2D eigenvalue weighted by molar-refractivity contribution is -0.128. The third-order valence-corrected chi connectivity index (χ3v) is 4.03. The maximum Gasteiger partial charge on any atom is 0.230 e. The van der Waals surface area contributed by atoms with Gasteiger partial charge in [-0.05, 0) is 35.2 Å². The zero-order valence-corrected chi connectivity index (χ0v) is 14.6. The van der Waals surface area contributed by atoms with E-state index in [2.05, 4.69) is 5.32 Å². The lowest BCUT2D eigenvalue weighted by atomic mass is 9.75. The third kappa shape index (κ3) is 4.36. The molecular weight excluding hydrogens is 302 g/mol. The van der Waals surface area contributed by atoms with Crippen LogP contribution in [0, 0.1) is 11.3 Å². The first kappa shape index (κ1) is 18.0. The van der Waals surface area contributed by atoms with Gasteiger partial charge in [-0.15, -0.1) is 0 Å². The summed E-state index contributed by atoms with van der Waals surface area (Å²) in [5.74, 6) is -0.0595. The van der Waals surface area contributed by atoms with Gasteiger partial charge in [-0.3, -0.25) is 4.79 Å². The van der Waals surface area contributed by atoms with Gasteiger partial charge in [0.15, 0.2) is 0 Å². The highest BCUT2D eigenvalue weighted by Gasteiger charge is 2.38. The first-order valence-electron chi connectivity index (χ1n) is 8.01. The summed E-state index contributed by atoms with van der Waals surface area (Å²) in [5.41, 5.74) is 1.02. The maximum absolute atomic E-state index is 12.8. The van der Waals surface area contributed by atoms with Crippen LogP contribution in [0.2, 0.25) is 0 Å². The van der Waals surface area contributed by atoms with Gasteiger partial charge in [-0.2, -0.15) is 0 Å². The molecule has 0 aliphatic rings. The summed E-state index contributed by atoms with van der Waals surface area (Å²) in [6, 6.07) is 16.4. The fraction of sp³-hybridized carbons (Fsp3) is 0.350. The van der Waals surface area contributed by atoms with Crippen molar-refractivity contribution in [3.63, 3.8) is 0 Å². The summed E-state index contributed by atoms with van der Waals surface area (Å²) in [4.78, 5) is 12.8. The van der Waals surface area contributed by atoms with E-state index in [1.54, 1.807) is 31.4 Å². The largest absolute Gasteiger partial charge is 0.497 e. The topological polar surface area (TPSA) is 58.6 Å². The average molecular weight is 327 g/mol. The molecule has 128 valence electrons. The van der Waals surface area contributed by atoms with Crippen molar-refractivity contribution in [3.8, 4) is 5.75 Å². The molecule has 4 nitrogen and oxygen atoms in total. The van der Waals surface area contributed by atoms with Gasteiger partial charge < -0.3 is 15.2 Å². The number of hydrogen-bond donors (Lipinski definition) is 2. The Hall–Kier alpha value is -2.33. The van der Waals surface area contributed by atoms with E-state index >= 15 is 0 Å². The molecule has 1 amide bonds. The fourth-order valence-corrected chi connectivity index (χ4v) is 2.75. The Morgan fingerprint density at radius 1 is 1.04 bits per heavy atom. The van der Waals surface area contributed by atoms with Crippen LogP contribution in [0.1, 0.15) is 32.4 Å². The first-order chi connectivity index (χ1) is 11.3. The highest BCUT2D eigenvalue weighted by Crippen LogP contribution is 2.37. The van der Waals surface area contributed by atoms with Crippen molar-refractivity contribution in [2.75, 3.05) is 12.4 Å². The molecule has 0 aliphatic heterocycles. The lowest BCUT2D eigenvalue weighted by Gasteiger charge is -2.33. The average Bonchev–Trinajstić information content (AvgIpc) is 2.55. The van der Waals surface area contributed by atoms with Crippen molar-refractivity contribution in [1.82, 2.24) is 0 Å². The summed E-state index contributed by atoms with van der Waals surface area (Å²) < 4.78 is 5.12. The molecule has 2 rings (SSSR count). The van der Waals surface area contributed by atoms with Crippen LogP contribution >= 0.6 is 0 Å². The summed E-state index contributed by atoms with van der Waals surface area (Å²) in [6.07, 6.45) is -0.871. The second-order valence-electron chi connectivity index (χ2n) is 6.92. The van der Waals surface area contributed by atoms with Crippen molar-refractivity contribution in [2.24, 2.45) is 11.3 Å². The molecule has 2 aromatic carbocycles. The predicted octanol–water partition coefficient (Wildman–Crippen LogP) is 4.03. The Bertz CT molecular complexity index is 660. The van der Waals surface area contributed by atoms with Crippen molar-refractivity contribution >= 4 is 11.6 Å². The van der Waals surface area contributed by atoms with E-state index in [4.69, 9.17) is 4.74 Å². The molecule has 2 N–H and O–H groups in total. The molecule has 24 heavy (non-hydrogen) atoms. The smallest absolute Gasteiger partial charge is 0.230 e. The fourth-order valence-electron chi connectivity index (χ4n) is 2.75. The number of aliphatic hydroxyl groups excluding tert-OH is 1. The zero-order chi connectivity index (χ0) is 17.7. The minimum Gasteiger partial charge on any atom is -0.497 e. The van der Waals surface area contributed by atoms with Gasteiger partial charge in [0.2, 0.25) is 5.91 Å². The molecule has 0 aliphatic carbocycles. The van der Waals surface area contributed by atoms with Gasteiger partial charge >= 0.3 is 0 Å². The Morgan fingerprint density at radius 3 is 2.12 bits per heavy atom. The van der Waals surface area contributed by atoms with E-state index in [1.807, 2.05) is 51.1 Å². The quantitative estimate of drug-likeness (QED) is 0.871. The molecule has 0 bridgehead atoms. The number of rotatable bonds is 5. The van der Waals surface area contributed by atoms with Crippen LogP contribution in [-0.2, 0) is 4.79 Å². The van der Waals surface area contributed by atoms with Crippen molar-refractivity contribution < 1.29 is 14.6 Å². The van der Waals surface area contributed by atoms with Gasteiger partial charge in [0, 0.05) is 5.69 Å². The number of anilines is 1. The monoisotopic (exact) mass is 327 g/mol. The van der Waals surface area contributed by atoms with E-state index in [-0.39, 0.29) is 5.91 Å². The Morgan fingerprint density at radius 2 is 1.62 bits per heavy atom. The van der Waals surface area contributed by atoms with Crippen molar-refractivity contribution in [2.45, 2.75) is 26.9 Å². The number of methoxy groups -OCH3 is 1. The summed E-state index contributed by atoms with van der Waals surface area (Å²) in [7, 11) is 1.60. The Labute approximate surface area is 143 Å². The van der Waals surface area contributed by atoms with Crippen molar-refractivity contribution in [1.29, 1.82) is 0 Å². The second kappa shape index (κ2) is 7.49. The van der Waals surface area contributed by atoms with Crippen LogP contribution in [-0.4, -0.2) is 18.1 Å². The van der Waals surface area contributed by atoms with Crippen LogP contribution in [0.4, 0.5) is 5.69 Å². The highest BCUT2D eigenvalue weighted by molar-refractivity contribution is 5.93. The van der Waals surface area contributed by atoms with Crippen LogP contribution < -0.4 is 10.1 Å². The van der Waals surface area contributed by atoms with E-state index in [1.165, 1.54) is 0 Å². The molecule has 0 heterocycles. The van der Waals surface area contributed by atoms with Crippen molar-refractivity contribution in [3.05, 3.63) is 60.2 Å². The zero-order valence-electron chi connectivity index (χ0n) is 14.6. The molecule has 0 saturated heterocycles. The van der Waals surface area contributed by atoms with E-state index in [9.17, 15) is 9.90 Å². The molecule has 4 heteroatoms. The lowest BCUT2D eigenvalue weighted by Crippen LogP contribution is -2.37. The maximum atomic E-state index is 12.8. The van der Waals surface area contributed by atoms with Gasteiger partial charge in [0.1, 0.15) is 5.75 Å². The van der Waals surface area contributed by atoms with E-state index < -0.39 is 17.4 Å². The molecule has 0 aromatic heterocycles. The normalized spacial score (nSPS) is 13.9. The molecule has 0 fully saturated rings. The van der Waals surface area contributed by atoms with Crippen LogP contribution in [0.25, 0.3) is 0 Å².